The van der Waals surface area contributed by atoms with Crippen LogP contribution >= 0.6 is 0 Å². The summed E-state index contributed by atoms with van der Waals surface area (Å²) >= 11 is 0. The third-order valence-corrected chi connectivity index (χ3v) is 5.55. The van der Waals surface area contributed by atoms with Crippen LogP contribution in [0.3, 0.4) is 0 Å². The fourth-order valence-electron chi connectivity index (χ4n) is 2.63. The zero-order valence-corrected chi connectivity index (χ0v) is 12.5. The summed E-state index contributed by atoms with van der Waals surface area (Å²) in [6.07, 6.45) is 6.11. The third-order valence-electron chi connectivity index (χ3n) is 3.78. The lowest BCUT2D eigenvalue weighted by atomic mass is 10.1. The first-order valence-corrected chi connectivity index (χ1v) is 8.87. The van der Waals surface area contributed by atoms with Gasteiger partial charge >= 0.3 is 0 Å². The van der Waals surface area contributed by atoms with Gasteiger partial charge in [-0.1, -0.05) is 38.3 Å². The summed E-state index contributed by atoms with van der Waals surface area (Å²) in [6, 6.07) is 7.44. The SMILES string of the molecule is CCS(=O)(=O)c1ccccc1N1CCCCCCC1. The molecule has 106 valence electrons. The molecule has 0 spiro atoms. The average molecular weight is 281 g/mol. The molecule has 0 aromatic heterocycles. The van der Waals surface area contributed by atoms with Crippen LogP contribution in [0, 0.1) is 0 Å². The Hall–Kier alpha value is -1.03. The van der Waals surface area contributed by atoms with E-state index in [1.54, 1.807) is 13.0 Å². The highest BCUT2D eigenvalue weighted by molar-refractivity contribution is 7.91. The van der Waals surface area contributed by atoms with Gasteiger partial charge in [0, 0.05) is 13.1 Å². The van der Waals surface area contributed by atoms with E-state index in [1.807, 2.05) is 18.2 Å². The second-order valence-corrected chi connectivity index (χ2v) is 7.37. The Morgan fingerprint density at radius 3 is 2.21 bits per heavy atom. The lowest BCUT2D eigenvalue weighted by Crippen LogP contribution is -2.28. The molecule has 1 fully saturated rings. The minimum atomic E-state index is -3.14. The van der Waals surface area contributed by atoms with Crippen molar-refractivity contribution in [3.05, 3.63) is 24.3 Å². The average Bonchev–Trinajstić information content (AvgIpc) is 2.38. The molecule has 0 N–H and O–H groups in total. The van der Waals surface area contributed by atoms with E-state index in [0.29, 0.717) is 4.90 Å². The van der Waals surface area contributed by atoms with E-state index in [0.717, 1.165) is 31.6 Å². The Morgan fingerprint density at radius 2 is 1.58 bits per heavy atom. The first kappa shape index (κ1) is 14.4. The van der Waals surface area contributed by atoms with Gasteiger partial charge in [-0.2, -0.15) is 0 Å². The second-order valence-electron chi connectivity index (χ2n) is 5.13. The van der Waals surface area contributed by atoms with Crippen molar-refractivity contribution in [3.8, 4) is 0 Å². The zero-order valence-electron chi connectivity index (χ0n) is 11.6. The number of para-hydroxylation sites is 1. The van der Waals surface area contributed by atoms with Gasteiger partial charge in [0.25, 0.3) is 0 Å². The van der Waals surface area contributed by atoms with Crippen molar-refractivity contribution >= 4 is 15.5 Å². The predicted octanol–water partition coefficient (Wildman–Crippen LogP) is 3.25. The number of sulfone groups is 1. The van der Waals surface area contributed by atoms with E-state index < -0.39 is 9.84 Å². The molecular weight excluding hydrogens is 258 g/mol. The van der Waals surface area contributed by atoms with Crippen LogP contribution in [-0.4, -0.2) is 27.3 Å². The molecule has 2 rings (SSSR count). The number of benzene rings is 1. The van der Waals surface area contributed by atoms with Gasteiger partial charge in [-0.25, -0.2) is 8.42 Å². The smallest absolute Gasteiger partial charge is 0.180 e. The Kier molecular flexibility index (Phi) is 4.86. The van der Waals surface area contributed by atoms with E-state index in [1.165, 1.54) is 19.3 Å². The normalized spacial score (nSPS) is 17.8. The van der Waals surface area contributed by atoms with Gasteiger partial charge in [0.2, 0.25) is 0 Å². The Labute approximate surface area is 116 Å². The van der Waals surface area contributed by atoms with E-state index >= 15 is 0 Å². The molecule has 1 aliphatic rings. The van der Waals surface area contributed by atoms with Crippen LogP contribution in [0.2, 0.25) is 0 Å². The molecule has 3 nitrogen and oxygen atoms in total. The number of hydrogen-bond donors (Lipinski definition) is 0. The Bertz CT molecular complexity index is 503. The van der Waals surface area contributed by atoms with Crippen molar-refractivity contribution in [2.45, 2.75) is 43.9 Å². The van der Waals surface area contributed by atoms with Gasteiger partial charge in [0.05, 0.1) is 16.3 Å². The molecule has 0 amide bonds. The summed E-state index contributed by atoms with van der Waals surface area (Å²) in [5.41, 5.74) is 0.895. The number of nitrogens with zero attached hydrogens (tertiary/aromatic N) is 1. The van der Waals surface area contributed by atoms with Gasteiger partial charge in [0.15, 0.2) is 9.84 Å². The third kappa shape index (κ3) is 3.50. The monoisotopic (exact) mass is 281 g/mol. The molecule has 19 heavy (non-hydrogen) atoms. The van der Waals surface area contributed by atoms with Crippen LogP contribution in [0.1, 0.15) is 39.0 Å². The van der Waals surface area contributed by atoms with Gasteiger partial charge in [0.1, 0.15) is 0 Å². The van der Waals surface area contributed by atoms with Crippen LogP contribution in [0.5, 0.6) is 0 Å². The molecule has 0 bridgehead atoms. The fourth-order valence-corrected chi connectivity index (χ4v) is 3.74. The summed E-state index contributed by atoms with van der Waals surface area (Å²) in [7, 11) is -3.14. The minimum absolute atomic E-state index is 0.165. The van der Waals surface area contributed by atoms with E-state index in [4.69, 9.17) is 0 Å². The molecule has 1 aromatic carbocycles. The Morgan fingerprint density at radius 1 is 1.00 bits per heavy atom. The lowest BCUT2D eigenvalue weighted by molar-refractivity contribution is 0.553. The van der Waals surface area contributed by atoms with Gasteiger partial charge < -0.3 is 4.90 Å². The molecular formula is C15H23NO2S. The molecule has 0 atom stereocenters. The summed E-state index contributed by atoms with van der Waals surface area (Å²) in [4.78, 5) is 2.75. The maximum Gasteiger partial charge on any atom is 0.180 e. The molecule has 0 radical (unpaired) electrons. The van der Waals surface area contributed by atoms with Crippen LogP contribution < -0.4 is 4.90 Å². The van der Waals surface area contributed by atoms with Gasteiger partial charge in [-0.05, 0) is 25.0 Å². The fraction of sp³-hybridized carbons (Fsp3) is 0.600. The maximum absolute atomic E-state index is 12.2. The highest BCUT2D eigenvalue weighted by Crippen LogP contribution is 2.27. The molecule has 1 heterocycles. The van der Waals surface area contributed by atoms with Crippen LogP contribution in [-0.2, 0) is 9.84 Å². The number of hydrogen-bond acceptors (Lipinski definition) is 3. The highest BCUT2D eigenvalue weighted by atomic mass is 32.2. The molecule has 1 aromatic rings. The number of anilines is 1. The van der Waals surface area contributed by atoms with E-state index in [9.17, 15) is 8.42 Å². The summed E-state index contributed by atoms with van der Waals surface area (Å²) in [6.45, 7) is 3.64. The lowest BCUT2D eigenvalue weighted by Gasteiger charge is -2.28. The van der Waals surface area contributed by atoms with E-state index in [2.05, 4.69) is 4.90 Å². The first-order valence-electron chi connectivity index (χ1n) is 7.22. The van der Waals surface area contributed by atoms with Gasteiger partial charge in [-0.15, -0.1) is 0 Å². The number of rotatable bonds is 3. The summed E-state index contributed by atoms with van der Waals surface area (Å²) in [5, 5.41) is 0. The molecule has 1 aliphatic heterocycles. The second kappa shape index (κ2) is 6.42. The van der Waals surface area contributed by atoms with Crippen LogP contribution in [0.25, 0.3) is 0 Å². The van der Waals surface area contributed by atoms with Crippen LogP contribution in [0.15, 0.2) is 29.2 Å². The first-order chi connectivity index (χ1) is 9.15. The summed E-state index contributed by atoms with van der Waals surface area (Å²) in [5.74, 6) is 0.165. The van der Waals surface area contributed by atoms with Crippen molar-refractivity contribution in [2.24, 2.45) is 0 Å². The van der Waals surface area contributed by atoms with Crippen molar-refractivity contribution in [1.82, 2.24) is 0 Å². The Balaban J connectivity index is 2.32. The standard InChI is InChI=1S/C15H23NO2S/c1-2-19(17,18)15-11-7-6-10-14(15)16-12-8-4-3-5-9-13-16/h6-7,10-11H,2-5,8-9,12-13H2,1H3. The van der Waals surface area contributed by atoms with Crippen molar-refractivity contribution in [2.75, 3.05) is 23.7 Å². The van der Waals surface area contributed by atoms with Crippen LogP contribution in [0.4, 0.5) is 5.69 Å². The maximum atomic E-state index is 12.2. The predicted molar refractivity (Wildman–Crippen MR) is 79.5 cm³/mol. The van der Waals surface area contributed by atoms with Gasteiger partial charge in [-0.3, -0.25) is 0 Å². The van der Waals surface area contributed by atoms with Crippen molar-refractivity contribution in [3.63, 3.8) is 0 Å². The zero-order chi connectivity index (χ0) is 13.7. The molecule has 0 unspecified atom stereocenters. The minimum Gasteiger partial charge on any atom is -0.370 e. The molecule has 1 saturated heterocycles. The topological polar surface area (TPSA) is 37.4 Å². The largest absolute Gasteiger partial charge is 0.370 e. The highest BCUT2D eigenvalue weighted by Gasteiger charge is 2.20. The van der Waals surface area contributed by atoms with E-state index in [-0.39, 0.29) is 5.75 Å². The quantitative estimate of drug-likeness (QED) is 0.853. The van der Waals surface area contributed by atoms with Crippen molar-refractivity contribution in [1.29, 1.82) is 0 Å². The molecule has 0 aliphatic carbocycles. The molecule has 4 heteroatoms. The van der Waals surface area contributed by atoms with Crippen molar-refractivity contribution < 1.29 is 8.42 Å². The molecule has 0 saturated carbocycles. The summed E-state index contributed by atoms with van der Waals surface area (Å²) < 4.78 is 24.4.